The van der Waals surface area contributed by atoms with Gasteiger partial charge in [-0.15, -0.1) is 0 Å². The number of carbonyl (C=O) groups excluding carboxylic acids is 3. The van der Waals surface area contributed by atoms with Crippen molar-refractivity contribution in [3.8, 4) is 5.75 Å². The lowest BCUT2D eigenvalue weighted by molar-refractivity contribution is -0.140. The fraction of sp³-hybridized carbons (Fsp3) is 0.500. The molecular weight excluding hydrogens is 458 g/mol. The summed E-state index contributed by atoms with van der Waals surface area (Å²) in [4.78, 5) is 48.2. The van der Waals surface area contributed by atoms with Crippen molar-refractivity contribution in [3.05, 3.63) is 59.4 Å². The second kappa shape index (κ2) is 11.8. The zero-order chi connectivity index (χ0) is 25.7. The predicted octanol–water partition coefficient (Wildman–Crippen LogP) is 3.10. The maximum absolute atomic E-state index is 13.8. The van der Waals surface area contributed by atoms with Crippen LogP contribution in [0.4, 0.5) is 0 Å². The minimum Gasteiger partial charge on any atom is -0.493 e. The van der Waals surface area contributed by atoms with E-state index in [9.17, 15) is 14.4 Å². The molecule has 0 saturated carbocycles. The highest BCUT2D eigenvalue weighted by Gasteiger charge is 2.51. The van der Waals surface area contributed by atoms with E-state index in [2.05, 4.69) is 23.7 Å². The van der Waals surface area contributed by atoms with E-state index in [1.54, 1.807) is 35.5 Å². The standard InChI is InChI=1S/C28H35N3O5/c1-19(2)18-36-22-7-8-23(20(3)16-22)26(32)24-25(21-6-4-9-29-17-21)31(28(34)27(24)33)11-5-10-30-12-14-35-15-13-30/h4,6-9,16-17,19,24-25H,5,10-15,18H2,1-3H3. The highest BCUT2D eigenvalue weighted by atomic mass is 16.5. The number of Topliss-reactive ketones (excluding diaryl/α,β-unsaturated/α-hetero) is 2. The average molecular weight is 494 g/mol. The molecule has 2 unspecified atom stereocenters. The lowest BCUT2D eigenvalue weighted by atomic mass is 9.85. The topological polar surface area (TPSA) is 89.0 Å². The number of likely N-dealkylation sites (tertiary alicyclic amines) is 1. The Labute approximate surface area is 212 Å². The second-order valence-corrected chi connectivity index (χ2v) is 9.93. The summed E-state index contributed by atoms with van der Waals surface area (Å²) in [5.41, 5.74) is 1.84. The highest BCUT2D eigenvalue weighted by Crippen LogP contribution is 2.38. The van der Waals surface area contributed by atoms with Crippen LogP contribution < -0.4 is 4.74 Å². The van der Waals surface area contributed by atoms with Gasteiger partial charge in [0.05, 0.1) is 25.9 Å². The number of benzene rings is 1. The molecule has 0 spiro atoms. The van der Waals surface area contributed by atoms with E-state index < -0.39 is 23.7 Å². The second-order valence-electron chi connectivity index (χ2n) is 9.93. The van der Waals surface area contributed by atoms with Gasteiger partial charge in [0.25, 0.3) is 5.91 Å². The van der Waals surface area contributed by atoms with Crippen LogP contribution in [0.25, 0.3) is 0 Å². The van der Waals surface area contributed by atoms with E-state index in [0.717, 1.165) is 25.2 Å². The summed E-state index contributed by atoms with van der Waals surface area (Å²) in [6, 6.07) is 8.19. The van der Waals surface area contributed by atoms with Crippen LogP contribution in [0.1, 0.15) is 47.8 Å². The zero-order valence-corrected chi connectivity index (χ0v) is 21.3. The number of hydrogen-bond acceptors (Lipinski definition) is 7. The first-order valence-electron chi connectivity index (χ1n) is 12.7. The number of rotatable bonds is 10. The van der Waals surface area contributed by atoms with Gasteiger partial charge in [-0.05, 0) is 54.7 Å². The Morgan fingerprint density at radius 3 is 2.61 bits per heavy atom. The largest absolute Gasteiger partial charge is 0.493 e. The van der Waals surface area contributed by atoms with Gasteiger partial charge in [-0.3, -0.25) is 24.3 Å². The molecule has 2 aliphatic rings. The molecule has 8 heteroatoms. The fourth-order valence-electron chi connectivity index (χ4n) is 4.87. The minimum atomic E-state index is -1.11. The number of nitrogens with zero attached hydrogens (tertiary/aromatic N) is 3. The third kappa shape index (κ3) is 5.82. The van der Waals surface area contributed by atoms with E-state index in [0.29, 0.717) is 55.6 Å². The lowest BCUT2D eigenvalue weighted by Gasteiger charge is -2.30. The fourth-order valence-corrected chi connectivity index (χ4v) is 4.87. The third-order valence-corrected chi connectivity index (χ3v) is 6.74. The van der Waals surface area contributed by atoms with E-state index in [4.69, 9.17) is 9.47 Å². The van der Waals surface area contributed by atoms with E-state index in [-0.39, 0.29) is 5.78 Å². The molecule has 2 aliphatic heterocycles. The van der Waals surface area contributed by atoms with Crippen LogP contribution >= 0.6 is 0 Å². The molecule has 0 bridgehead atoms. The van der Waals surface area contributed by atoms with E-state index in [1.165, 1.54) is 0 Å². The van der Waals surface area contributed by atoms with E-state index in [1.807, 2.05) is 19.1 Å². The molecule has 8 nitrogen and oxygen atoms in total. The first kappa shape index (κ1) is 26.0. The van der Waals surface area contributed by atoms with Crippen molar-refractivity contribution < 1.29 is 23.9 Å². The van der Waals surface area contributed by atoms with Crippen molar-refractivity contribution in [1.29, 1.82) is 0 Å². The molecule has 3 heterocycles. The molecule has 0 aliphatic carbocycles. The Balaban J connectivity index is 1.57. The molecule has 2 atom stereocenters. The molecule has 1 aromatic heterocycles. The van der Waals surface area contributed by atoms with Gasteiger partial charge in [0.2, 0.25) is 5.78 Å². The van der Waals surface area contributed by atoms with Crippen LogP contribution in [-0.4, -0.2) is 78.3 Å². The maximum Gasteiger partial charge on any atom is 0.291 e. The van der Waals surface area contributed by atoms with Crippen molar-refractivity contribution in [1.82, 2.24) is 14.8 Å². The lowest BCUT2D eigenvalue weighted by Crippen LogP contribution is -2.39. The van der Waals surface area contributed by atoms with Gasteiger partial charge in [0.15, 0.2) is 5.78 Å². The first-order valence-corrected chi connectivity index (χ1v) is 12.7. The van der Waals surface area contributed by atoms with Crippen LogP contribution in [-0.2, 0) is 14.3 Å². The number of morpholine rings is 1. The molecule has 2 saturated heterocycles. The van der Waals surface area contributed by atoms with Gasteiger partial charge in [0.1, 0.15) is 11.7 Å². The van der Waals surface area contributed by atoms with Gasteiger partial charge < -0.3 is 14.4 Å². The van der Waals surface area contributed by atoms with Gasteiger partial charge in [-0.2, -0.15) is 0 Å². The Morgan fingerprint density at radius 1 is 1.17 bits per heavy atom. The number of pyridine rings is 1. The number of ketones is 2. The molecule has 0 radical (unpaired) electrons. The molecule has 1 aromatic carbocycles. The van der Waals surface area contributed by atoms with Gasteiger partial charge in [-0.25, -0.2) is 0 Å². The number of aromatic nitrogens is 1. The molecule has 4 rings (SSSR count). The third-order valence-electron chi connectivity index (χ3n) is 6.74. The number of aryl methyl sites for hydroxylation is 1. The molecule has 1 amide bonds. The van der Waals surface area contributed by atoms with Crippen LogP contribution in [0.5, 0.6) is 5.75 Å². The van der Waals surface area contributed by atoms with Crippen molar-refractivity contribution >= 4 is 17.5 Å². The summed E-state index contributed by atoms with van der Waals surface area (Å²) in [6.07, 6.45) is 3.99. The summed E-state index contributed by atoms with van der Waals surface area (Å²) >= 11 is 0. The number of ether oxygens (including phenoxy) is 2. The monoisotopic (exact) mass is 493 g/mol. The smallest absolute Gasteiger partial charge is 0.291 e. The number of amides is 1. The predicted molar refractivity (Wildman–Crippen MR) is 135 cm³/mol. The van der Waals surface area contributed by atoms with Gasteiger partial charge in [-0.1, -0.05) is 19.9 Å². The summed E-state index contributed by atoms with van der Waals surface area (Å²) < 4.78 is 11.2. The Hall–Kier alpha value is -3.10. The van der Waals surface area contributed by atoms with Crippen LogP contribution in [0.3, 0.4) is 0 Å². The van der Waals surface area contributed by atoms with Crippen molar-refractivity contribution in [2.75, 3.05) is 46.0 Å². The molecule has 2 aromatic rings. The molecule has 0 N–H and O–H groups in total. The zero-order valence-electron chi connectivity index (χ0n) is 21.3. The average Bonchev–Trinajstić information content (AvgIpc) is 3.13. The minimum absolute atomic E-state index is 0.342. The molecular formula is C28H35N3O5. The van der Waals surface area contributed by atoms with Crippen LogP contribution in [0.2, 0.25) is 0 Å². The van der Waals surface area contributed by atoms with Crippen LogP contribution in [0, 0.1) is 18.8 Å². The number of hydrogen-bond donors (Lipinski definition) is 0. The summed E-state index contributed by atoms with van der Waals surface area (Å²) in [7, 11) is 0. The Kier molecular flexibility index (Phi) is 8.48. The summed E-state index contributed by atoms with van der Waals surface area (Å²) in [5.74, 6) is -1.64. The van der Waals surface area contributed by atoms with Gasteiger partial charge in [0, 0.05) is 44.1 Å². The van der Waals surface area contributed by atoms with Gasteiger partial charge >= 0.3 is 0 Å². The molecule has 192 valence electrons. The summed E-state index contributed by atoms with van der Waals surface area (Å²) in [6.45, 7) is 10.9. The maximum atomic E-state index is 13.8. The first-order chi connectivity index (χ1) is 17.4. The highest BCUT2D eigenvalue weighted by molar-refractivity contribution is 6.44. The van der Waals surface area contributed by atoms with Crippen molar-refractivity contribution in [2.24, 2.45) is 11.8 Å². The Morgan fingerprint density at radius 2 is 1.94 bits per heavy atom. The van der Waals surface area contributed by atoms with Crippen LogP contribution in [0.15, 0.2) is 42.7 Å². The molecule has 2 fully saturated rings. The molecule has 36 heavy (non-hydrogen) atoms. The van der Waals surface area contributed by atoms with Crippen molar-refractivity contribution in [3.63, 3.8) is 0 Å². The SMILES string of the molecule is Cc1cc(OCC(C)C)ccc1C(=O)C1C(=O)C(=O)N(CCCN2CCOCC2)C1c1cccnc1. The summed E-state index contributed by atoms with van der Waals surface area (Å²) in [5, 5.41) is 0. The number of carbonyl (C=O) groups is 3. The Bertz CT molecular complexity index is 1080. The van der Waals surface area contributed by atoms with Crippen molar-refractivity contribution in [2.45, 2.75) is 33.2 Å². The quantitative estimate of drug-likeness (QED) is 0.285. The van der Waals surface area contributed by atoms with E-state index >= 15 is 0 Å². The normalized spacial score (nSPS) is 20.8.